The minimum Gasteiger partial charge on any atom is -0.379 e. The van der Waals surface area contributed by atoms with Crippen LogP contribution in [0.15, 0.2) is 6.20 Å². The van der Waals surface area contributed by atoms with E-state index < -0.39 is 0 Å². The van der Waals surface area contributed by atoms with Gasteiger partial charge in [0.15, 0.2) is 0 Å². The summed E-state index contributed by atoms with van der Waals surface area (Å²) in [7, 11) is 1.88. The third-order valence-electron chi connectivity index (χ3n) is 1.98. The Labute approximate surface area is 95.9 Å². The summed E-state index contributed by atoms with van der Waals surface area (Å²) in [5.41, 5.74) is 0.941. The monoisotopic (exact) mass is 228 g/mol. The van der Waals surface area contributed by atoms with Crippen LogP contribution >= 0.6 is 0 Å². The van der Waals surface area contributed by atoms with Gasteiger partial charge >= 0.3 is 0 Å². The van der Waals surface area contributed by atoms with Crippen molar-refractivity contribution in [2.24, 2.45) is 0 Å². The van der Waals surface area contributed by atoms with Crippen LogP contribution in [-0.4, -0.2) is 48.5 Å². The predicted octanol–water partition coefficient (Wildman–Crippen LogP) is 0.0506. The van der Waals surface area contributed by atoms with Gasteiger partial charge in [-0.25, -0.2) is 4.68 Å². The zero-order valence-corrected chi connectivity index (χ0v) is 9.98. The number of nitrogens with zero attached hydrogens (tertiary/aromatic N) is 3. The quantitative estimate of drug-likeness (QED) is 0.605. The fourth-order valence-electron chi connectivity index (χ4n) is 1.23. The fourth-order valence-corrected chi connectivity index (χ4v) is 1.23. The Kier molecular flexibility index (Phi) is 6.71. The summed E-state index contributed by atoms with van der Waals surface area (Å²) in [6.07, 6.45) is 1.92. The summed E-state index contributed by atoms with van der Waals surface area (Å²) >= 11 is 0. The zero-order chi connectivity index (χ0) is 11.6. The molecule has 0 saturated carbocycles. The number of nitrogens with one attached hydrogen (secondary N) is 1. The van der Waals surface area contributed by atoms with Crippen molar-refractivity contribution in [2.45, 2.75) is 20.0 Å². The van der Waals surface area contributed by atoms with E-state index in [4.69, 9.17) is 9.47 Å². The molecule has 0 atom stereocenters. The summed E-state index contributed by atoms with van der Waals surface area (Å²) in [5.74, 6) is 0. The fraction of sp³-hybridized carbons (Fsp3) is 0.800. The minimum absolute atomic E-state index is 0.631. The molecule has 0 spiro atoms. The first-order valence-corrected chi connectivity index (χ1v) is 5.56. The molecule has 0 amide bonds. The molecule has 0 unspecified atom stereocenters. The molecule has 1 rings (SSSR count). The van der Waals surface area contributed by atoms with E-state index in [1.165, 1.54) is 0 Å². The van der Waals surface area contributed by atoms with Gasteiger partial charge in [-0.3, -0.25) is 0 Å². The third-order valence-corrected chi connectivity index (χ3v) is 1.98. The summed E-state index contributed by atoms with van der Waals surface area (Å²) in [4.78, 5) is 0. The smallest absolute Gasteiger partial charge is 0.0964 e. The van der Waals surface area contributed by atoms with Crippen LogP contribution in [0.4, 0.5) is 0 Å². The topological polar surface area (TPSA) is 61.2 Å². The molecule has 16 heavy (non-hydrogen) atoms. The van der Waals surface area contributed by atoms with Crippen LogP contribution in [0.3, 0.4) is 0 Å². The molecule has 6 nitrogen and oxygen atoms in total. The summed E-state index contributed by atoms with van der Waals surface area (Å²) in [6.45, 7) is 6.09. The van der Waals surface area contributed by atoms with Gasteiger partial charge in [0.05, 0.1) is 32.1 Å². The molecular weight excluding hydrogens is 208 g/mol. The van der Waals surface area contributed by atoms with Crippen LogP contribution in [0.1, 0.15) is 12.6 Å². The van der Waals surface area contributed by atoms with E-state index in [0.717, 1.165) is 25.4 Å². The Morgan fingerprint density at radius 1 is 1.31 bits per heavy atom. The third kappa shape index (κ3) is 5.20. The molecule has 6 heteroatoms. The SMILES string of the molecule is CCOCCOCCn1cc(CNC)nn1. The lowest BCUT2D eigenvalue weighted by molar-refractivity contribution is 0.0486. The van der Waals surface area contributed by atoms with Crippen molar-refractivity contribution < 1.29 is 9.47 Å². The number of rotatable bonds is 9. The normalized spacial score (nSPS) is 10.9. The van der Waals surface area contributed by atoms with E-state index in [-0.39, 0.29) is 0 Å². The van der Waals surface area contributed by atoms with Crippen molar-refractivity contribution >= 4 is 0 Å². The van der Waals surface area contributed by atoms with Crippen molar-refractivity contribution in [3.8, 4) is 0 Å². The van der Waals surface area contributed by atoms with Crippen molar-refractivity contribution in [1.29, 1.82) is 0 Å². The van der Waals surface area contributed by atoms with Crippen LogP contribution < -0.4 is 5.32 Å². The molecule has 1 N–H and O–H groups in total. The van der Waals surface area contributed by atoms with E-state index in [0.29, 0.717) is 19.8 Å². The van der Waals surface area contributed by atoms with E-state index in [2.05, 4.69) is 15.6 Å². The van der Waals surface area contributed by atoms with Crippen LogP contribution in [-0.2, 0) is 22.6 Å². The second kappa shape index (κ2) is 8.20. The Morgan fingerprint density at radius 3 is 2.88 bits per heavy atom. The van der Waals surface area contributed by atoms with Crippen molar-refractivity contribution in [2.75, 3.05) is 33.5 Å². The standard InChI is InChI=1S/C10H20N4O2/c1-3-15-6-7-16-5-4-14-9-10(8-11-2)12-13-14/h9,11H,3-8H2,1-2H3. The molecule has 1 aromatic heterocycles. The molecule has 1 aromatic rings. The summed E-state index contributed by atoms with van der Waals surface area (Å²) in [5, 5.41) is 11.0. The van der Waals surface area contributed by atoms with Gasteiger partial charge in [0.2, 0.25) is 0 Å². The molecule has 0 saturated heterocycles. The zero-order valence-electron chi connectivity index (χ0n) is 9.98. The van der Waals surface area contributed by atoms with Gasteiger partial charge in [-0.05, 0) is 14.0 Å². The first-order valence-electron chi connectivity index (χ1n) is 5.56. The molecule has 0 bridgehead atoms. The maximum absolute atomic E-state index is 5.38. The molecule has 0 radical (unpaired) electrons. The molecule has 0 aliphatic carbocycles. The van der Waals surface area contributed by atoms with Gasteiger partial charge in [-0.15, -0.1) is 5.10 Å². The molecule has 0 aliphatic rings. The minimum atomic E-state index is 0.631. The van der Waals surface area contributed by atoms with E-state index in [9.17, 15) is 0 Å². The van der Waals surface area contributed by atoms with Gasteiger partial charge < -0.3 is 14.8 Å². The Morgan fingerprint density at radius 2 is 2.12 bits per heavy atom. The van der Waals surface area contributed by atoms with Crippen LogP contribution in [0, 0.1) is 0 Å². The second-order valence-electron chi connectivity index (χ2n) is 3.31. The maximum atomic E-state index is 5.38. The van der Waals surface area contributed by atoms with Gasteiger partial charge in [0.25, 0.3) is 0 Å². The number of ether oxygens (including phenoxy) is 2. The average Bonchev–Trinajstić information content (AvgIpc) is 2.72. The Bertz CT molecular complexity index is 278. The number of hydrogen-bond donors (Lipinski definition) is 1. The van der Waals surface area contributed by atoms with Gasteiger partial charge in [-0.1, -0.05) is 5.21 Å². The lowest BCUT2D eigenvalue weighted by Gasteiger charge is -2.03. The first kappa shape index (κ1) is 13.1. The van der Waals surface area contributed by atoms with Gasteiger partial charge in [-0.2, -0.15) is 0 Å². The molecule has 0 aromatic carbocycles. The first-order chi connectivity index (χ1) is 7.86. The van der Waals surface area contributed by atoms with E-state index in [1.807, 2.05) is 20.2 Å². The second-order valence-corrected chi connectivity index (χ2v) is 3.31. The van der Waals surface area contributed by atoms with Crippen molar-refractivity contribution in [3.05, 3.63) is 11.9 Å². The van der Waals surface area contributed by atoms with Crippen molar-refractivity contribution in [1.82, 2.24) is 20.3 Å². The Hall–Kier alpha value is -0.980. The number of hydrogen-bond acceptors (Lipinski definition) is 5. The highest BCUT2D eigenvalue weighted by molar-refractivity contribution is 4.90. The van der Waals surface area contributed by atoms with Crippen LogP contribution in [0.5, 0.6) is 0 Å². The van der Waals surface area contributed by atoms with Crippen LogP contribution in [0.2, 0.25) is 0 Å². The number of aromatic nitrogens is 3. The van der Waals surface area contributed by atoms with Crippen molar-refractivity contribution in [3.63, 3.8) is 0 Å². The van der Waals surface area contributed by atoms with Gasteiger partial charge in [0.1, 0.15) is 0 Å². The lowest BCUT2D eigenvalue weighted by Crippen LogP contribution is -2.10. The Balaban J connectivity index is 2.07. The molecule has 0 aliphatic heterocycles. The molecule has 92 valence electrons. The molecule has 1 heterocycles. The molecular formula is C10H20N4O2. The average molecular weight is 228 g/mol. The van der Waals surface area contributed by atoms with E-state index >= 15 is 0 Å². The molecule has 0 fully saturated rings. The lowest BCUT2D eigenvalue weighted by atomic mass is 10.5. The predicted molar refractivity (Wildman–Crippen MR) is 60.1 cm³/mol. The van der Waals surface area contributed by atoms with Gasteiger partial charge in [0, 0.05) is 19.3 Å². The van der Waals surface area contributed by atoms with Crippen LogP contribution in [0.25, 0.3) is 0 Å². The maximum Gasteiger partial charge on any atom is 0.0964 e. The van der Waals surface area contributed by atoms with E-state index in [1.54, 1.807) is 4.68 Å². The summed E-state index contributed by atoms with van der Waals surface area (Å²) < 4.78 is 12.3. The largest absolute Gasteiger partial charge is 0.379 e. The highest BCUT2D eigenvalue weighted by Gasteiger charge is 1.98. The highest BCUT2D eigenvalue weighted by Crippen LogP contribution is 1.92. The summed E-state index contributed by atoms with van der Waals surface area (Å²) in [6, 6.07) is 0. The highest BCUT2D eigenvalue weighted by atomic mass is 16.5.